The van der Waals surface area contributed by atoms with Crippen LogP contribution in [0.4, 0.5) is 0 Å². The predicted molar refractivity (Wildman–Crippen MR) is 87.1 cm³/mol. The molecule has 5 heteroatoms. The van der Waals surface area contributed by atoms with Crippen LogP contribution in [0, 0.1) is 0 Å². The fourth-order valence-electron chi connectivity index (χ4n) is 2.30. The molecule has 0 aliphatic carbocycles. The molecule has 0 bridgehead atoms. The summed E-state index contributed by atoms with van der Waals surface area (Å²) in [4.78, 5) is 13.7. The molecule has 0 spiro atoms. The van der Waals surface area contributed by atoms with Crippen LogP contribution < -0.4 is 10.5 Å². The predicted octanol–water partition coefficient (Wildman–Crippen LogP) is 2.34. The first-order valence-corrected chi connectivity index (χ1v) is 7.13. The second kappa shape index (κ2) is 7.14. The molecule has 1 aliphatic heterocycles. The molecule has 118 valence electrons. The maximum atomic E-state index is 11.9. The molecule has 1 aromatic rings. The van der Waals surface area contributed by atoms with E-state index in [1.54, 1.807) is 4.90 Å². The Morgan fingerprint density at radius 3 is 2.43 bits per heavy atom. The first-order valence-electron chi connectivity index (χ1n) is 7.13. The Balaban J connectivity index is 0.00000220. The molecule has 1 aromatic carbocycles. The number of ether oxygens (including phenoxy) is 1. The van der Waals surface area contributed by atoms with E-state index in [2.05, 4.69) is 20.8 Å². The average molecular weight is 313 g/mol. The van der Waals surface area contributed by atoms with Crippen molar-refractivity contribution >= 4 is 18.3 Å². The van der Waals surface area contributed by atoms with Gasteiger partial charge >= 0.3 is 0 Å². The van der Waals surface area contributed by atoms with E-state index in [-0.39, 0.29) is 36.4 Å². The van der Waals surface area contributed by atoms with Crippen molar-refractivity contribution < 1.29 is 9.53 Å². The van der Waals surface area contributed by atoms with Crippen LogP contribution in [0.3, 0.4) is 0 Å². The second-order valence-corrected chi connectivity index (χ2v) is 6.45. The molecule has 0 unspecified atom stereocenters. The number of halogens is 1. The van der Waals surface area contributed by atoms with Crippen molar-refractivity contribution in [2.75, 3.05) is 19.7 Å². The van der Waals surface area contributed by atoms with Crippen LogP contribution in [0.2, 0.25) is 0 Å². The van der Waals surface area contributed by atoms with Gasteiger partial charge in [0, 0.05) is 19.1 Å². The van der Waals surface area contributed by atoms with Gasteiger partial charge in [0.1, 0.15) is 5.75 Å². The van der Waals surface area contributed by atoms with E-state index in [4.69, 9.17) is 10.5 Å². The Bertz CT molecular complexity index is 468. The summed E-state index contributed by atoms with van der Waals surface area (Å²) >= 11 is 0. The quantitative estimate of drug-likeness (QED) is 0.932. The van der Waals surface area contributed by atoms with Gasteiger partial charge in [-0.2, -0.15) is 0 Å². The molecular weight excluding hydrogens is 288 g/mol. The first-order chi connectivity index (χ1) is 9.36. The van der Waals surface area contributed by atoms with Crippen LogP contribution in [0.15, 0.2) is 24.3 Å². The van der Waals surface area contributed by atoms with E-state index in [0.29, 0.717) is 6.54 Å². The van der Waals surface area contributed by atoms with Crippen molar-refractivity contribution in [1.29, 1.82) is 0 Å². The van der Waals surface area contributed by atoms with Crippen molar-refractivity contribution in [3.63, 3.8) is 0 Å². The minimum atomic E-state index is 0. The summed E-state index contributed by atoms with van der Waals surface area (Å²) in [5.41, 5.74) is 7.17. The summed E-state index contributed by atoms with van der Waals surface area (Å²) in [7, 11) is 0. The van der Waals surface area contributed by atoms with Gasteiger partial charge in [0.05, 0.1) is 0 Å². The average Bonchev–Trinajstić information content (AvgIpc) is 2.82. The molecule has 2 rings (SSSR count). The van der Waals surface area contributed by atoms with E-state index in [0.717, 1.165) is 18.7 Å². The summed E-state index contributed by atoms with van der Waals surface area (Å²) in [6.45, 7) is 7.98. The summed E-state index contributed by atoms with van der Waals surface area (Å²) in [5.74, 6) is 0.743. The van der Waals surface area contributed by atoms with Gasteiger partial charge in [-0.1, -0.05) is 32.9 Å². The first kappa shape index (κ1) is 17.8. The van der Waals surface area contributed by atoms with E-state index in [1.807, 2.05) is 24.3 Å². The number of nitrogens with two attached hydrogens (primary N) is 1. The Hall–Kier alpha value is -1.26. The molecule has 21 heavy (non-hydrogen) atoms. The molecule has 0 saturated carbocycles. The molecule has 1 aliphatic rings. The highest BCUT2D eigenvalue weighted by molar-refractivity contribution is 5.85. The number of likely N-dealkylation sites (tertiary alicyclic amines) is 1. The monoisotopic (exact) mass is 312 g/mol. The van der Waals surface area contributed by atoms with Gasteiger partial charge < -0.3 is 15.4 Å². The van der Waals surface area contributed by atoms with E-state index < -0.39 is 0 Å². The zero-order chi connectivity index (χ0) is 14.8. The normalized spacial score (nSPS) is 18.3. The van der Waals surface area contributed by atoms with Crippen molar-refractivity contribution in [2.24, 2.45) is 5.73 Å². The highest BCUT2D eigenvalue weighted by atomic mass is 35.5. The third-order valence-corrected chi connectivity index (χ3v) is 3.66. The molecular formula is C16H25ClN2O2. The van der Waals surface area contributed by atoms with E-state index in [9.17, 15) is 4.79 Å². The second-order valence-electron chi connectivity index (χ2n) is 6.45. The minimum Gasteiger partial charge on any atom is -0.484 e. The molecule has 1 heterocycles. The van der Waals surface area contributed by atoms with Gasteiger partial charge in [-0.3, -0.25) is 4.79 Å². The van der Waals surface area contributed by atoms with Crippen LogP contribution in [-0.4, -0.2) is 36.5 Å². The molecule has 1 saturated heterocycles. The summed E-state index contributed by atoms with van der Waals surface area (Å²) in [5, 5.41) is 0. The van der Waals surface area contributed by atoms with Crippen LogP contribution in [0.1, 0.15) is 32.8 Å². The Morgan fingerprint density at radius 1 is 1.33 bits per heavy atom. The van der Waals surface area contributed by atoms with Crippen molar-refractivity contribution in [1.82, 2.24) is 4.90 Å². The SMILES string of the molecule is CC(C)(C)c1ccc(OCC(=O)N2CC[C@@H](N)C2)cc1.Cl. The van der Waals surface area contributed by atoms with Gasteiger partial charge in [0.2, 0.25) is 0 Å². The Kier molecular flexibility index (Phi) is 6.05. The number of amides is 1. The number of carbonyl (C=O) groups is 1. The van der Waals surface area contributed by atoms with E-state index >= 15 is 0 Å². The van der Waals surface area contributed by atoms with Gasteiger partial charge in [-0.25, -0.2) is 0 Å². The van der Waals surface area contributed by atoms with Crippen LogP contribution in [0.25, 0.3) is 0 Å². The lowest BCUT2D eigenvalue weighted by molar-refractivity contribution is -0.132. The van der Waals surface area contributed by atoms with Crippen molar-refractivity contribution in [2.45, 2.75) is 38.6 Å². The third-order valence-electron chi connectivity index (χ3n) is 3.66. The highest BCUT2D eigenvalue weighted by Crippen LogP contribution is 2.24. The zero-order valence-corrected chi connectivity index (χ0v) is 13.8. The molecule has 2 N–H and O–H groups in total. The lowest BCUT2D eigenvalue weighted by Crippen LogP contribution is -2.35. The largest absolute Gasteiger partial charge is 0.484 e. The van der Waals surface area contributed by atoms with Gasteiger partial charge in [-0.05, 0) is 29.5 Å². The van der Waals surface area contributed by atoms with Gasteiger partial charge in [0.25, 0.3) is 5.91 Å². The number of rotatable bonds is 3. The number of hydrogen-bond donors (Lipinski definition) is 1. The maximum absolute atomic E-state index is 11.9. The molecule has 1 atom stereocenters. The lowest BCUT2D eigenvalue weighted by Gasteiger charge is -2.19. The van der Waals surface area contributed by atoms with Crippen LogP contribution >= 0.6 is 12.4 Å². The molecule has 1 amide bonds. The van der Waals surface area contributed by atoms with Crippen LogP contribution in [-0.2, 0) is 10.2 Å². The smallest absolute Gasteiger partial charge is 0.260 e. The van der Waals surface area contributed by atoms with Crippen molar-refractivity contribution in [3.8, 4) is 5.75 Å². The summed E-state index contributed by atoms with van der Waals surface area (Å²) in [6.07, 6.45) is 0.881. The highest BCUT2D eigenvalue weighted by Gasteiger charge is 2.23. The number of benzene rings is 1. The summed E-state index contributed by atoms with van der Waals surface area (Å²) < 4.78 is 5.55. The van der Waals surface area contributed by atoms with Gasteiger partial charge in [0.15, 0.2) is 6.61 Å². The van der Waals surface area contributed by atoms with E-state index in [1.165, 1.54) is 5.56 Å². The minimum absolute atomic E-state index is 0. The Labute approximate surface area is 133 Å². The molecule has 0 aromatic heterocycles. The standard InChI is InChI=1S/C16H24N2O2.ClH/c1-16(2,3)12-4-6-14(7-5-12)20-11-15(19)18-9-8-13(17)10-18;/h4-7,13H,8-11,17H2,1-3H3;1H/t13-;/m1./s1. The molecule has 0 radical (unpaired) electrons. The molecule has 1 fully saturated rings. The zero-order valence-electron chi connectivity index (χ0n) is 13.0. The lowest BCUT2D eigenvalue weighted by atomic mass is 9.87. The maximum Gasteiger partial charge on any atom is 0.260 e. The van der Waals surface area contributed by atoms with Crippen LogP contribution in [0.5, 0.6) is 5.75 Å². The Morgan fingerprint density at radius 2 is 1.95 bits per heavy atom. The number of nitrogens with zero attached hydrogens (tertiary/aromatic N) is 1. The topological polar surface area (TPSA) is 55.6 Å². The van der Waals surface area contributed by atoms with Crippen molar-refractivity contribution in [3.05, 3.63) is 29.8 Å². The van der Waals surface area contributed by atoms with Gasteiger partial charge in [-0.15, -0.1) is 12.4 Å². The fraction of sp³-hybridized carbons (Fsp3) is 0.562. The summed E-state index contributed by atoms with van der Waals surface area (Å²) in [6, 6.07) is 8.05. The fourth-order valence-corrected chi connectivity index (χ4v) is 2.30. The molecule has 4 nitrogen and oxygen atoms in total. The number of hydrogen-bond acceptors (Lipinski definition) is 3. The number of carbonyl (C=O) groups excluding carboxylic acids is 1. The third kappa shape index (κ3) is 4.90.